The van der Waals surface area contributed by atoms with E-state index in [0.717, 1.165) is 54.4 Å². The highest BCUT2D eigenvalue weighted by molar-refractivity contribution is 7.89. The van der Waals surface area contributed by atoms with E-state index in [1.165, 1.54) is 0 Å². The van der Waals surface area contributed by atoms with Crippen LogP contribution in [0, 0.1) is 0 Å². The largest absolute Gasteiger partial charge is 0.378 e. The minimum Gasteiger partial charge on any atom is -0.378 e. The van der Waals surface area contributed by atoms with Crippen molar-refractivity contribution in [3.8, 4) is 0 Å². The average molecular weight is 434 g/mol. The fourth-order valence-corrected chi connectivity index (χ4v) is 5.53. The van der Waals surface area contributed by atoms with Gasteiger partial charge in [0.2, 0.25) is 10.0 Å². The molecule has 0 amide bonds. The van der Waals surface area contributed by atoms with Crippen LogP contribution in [-0.4, -0.2) is 39.3 Å². The molecular weight excluding hydrogens is 410 g/mol. The van der Waals surface area contributed by atoms with Crippen molar-refractivity contribution in [2.45, 2.75) is 24.9 Å². The van der Waals surface area contributed by atoms with Crippen molar-refractivity contribution in [1.82, 2.24) is 9.29 Å². The third-order valence-corrected chi connectivity index (χ3v) is 7.39. The lowest BCUT2D eigenvalue weighted by molar-refractivity contribution is 0.122. The van der Waals surface area contributed by atoms with Gasteiger partial charge in [0.05, 0.1) is 28.3 Å². The first-order valence-corrected chi connectivity index (χ1v) is 11.8. The molecule has 2 aromatic carbocycles. The maximum absolute atomic E-state index is 12.7. The molecule has 154 valence electrons. The molecule has 0 saturated carbocycles. The number of nitrogens with zero attached hydrogens (tertiary/aromatic N) is 2. The van der Waals surface area contributed by atoms with Crippen LogP contribution in [0.5, 0.6) is 0 Å². The van der Waals surface area contributed by atoms with Crippen molar-refractivity contribution in [2.24, 2.45) is 0 Å². The molecule has 0 atom stereocenters. The number of aromatic nitrogens is 1. The summed E-state index contributed by atoms with van der Waals surface area (Å²) in [7, 11) is -3.67. The van der Waals surface area contributed by atoms with Crippen molar-refractivity contribution < 1.29 is 13.2 Å². The predicted molar refractivity (Wildman–Crippen MR) is 115 cm³/mol. The number of nitrogens with one attached hydrogen (secondary N) is 1. The van der Waals surface area contributed by atoms with Gasteiger partial charge in [-0.1, -0.05) is 23.5 Å². The van der Waals surface area contributed by atoms with Crippen LogP contribution in [0.4, 0.5) is 5.69 Å². The summed E-state index contributed by atoms with van der Waals surface area (Å²) in [5.41, 5.74) is 2.76. The highest BCUT2D eigenvalue weighted by Gasteiger charge is 2.17. The number of hydrogen-bond donors (Lipinski definition) is 1. The summed E-state index contributed by atoms with van der Waals surface area (Å²) >= 11 is 1.06. The molecule has 0 unspecified atom stereocenters. The second kappa shape index (κ2) is 8.27. The van der Waals surface area contributed by atoms with E-state index in [-0.39, 0.29) is 16.3 Å². The van der Waals surface area contributed by atoms with Crippen molar-refractivity contribution in [3.05, 3.63) is 57.7 Å². The summed E-state index contributed by atoms with van der Waals surface area (Å²) in [5.74, 6) is 0. The summed E-state index contributed by atoms with van der Waals surface area (Å²) in [6, 6.07) is 12.7. The summed E-state index contributed by atoms with van der Waals surface area (Å²) in [6.45, 7) is 5.83. The fourth-order valence-electron chi connectivity index (χ4n) is 3.42. The van der Waals surface area contributed by atoms with Gasteiger partial charge < -0.3 is 9.64 Å². The first-order chi connectivity index (χ1) is 14.0. The Balaban J connectivity index is 1.47. The third kappa shape index (κ3) is 4.23. The lowest BCUT2D eigenvalue weighted by atomic mass is 10.2. The zero-order valence-electron chi connectivity index (χ0n) is 16.1. The van der Waals surface area contributed by atoms with Gasteiger partial charge in [0.15, 0.2) is 0 Å². The molecular formula is C20H23N3O4S2. The van der Waals surface area contributed by atoms with Gasteiger partial charge in [0.25, 0.3) is 0 Å². The number of ether oxygens (including phenoxy) is 1. The molecule has 1 aliphatic rings. The Morgan fingerprint density at radius 3 is 2.52 bits per heavy atom. The van der Waals surface area contributed by atoms with Gasteiger partial charge in [-0.05, 0) is 42.8 Å². The second-order valence-corrected chi connectivity index (χ2v) is 9.59. The quantitative estimate of drug-likeness (QED) is 0.646. The smallest absolute Gasteiger partial charge is 0.308 e. The molecule has 29 heavy (non-hydrogen) atoms. The Bertz CT molecular complexity index is 1160. The van der Waals surface area contributed by atoms with Crippen molar-refractivity contribution >= 4 is 37.3 Å². The molecule has 7 nitrogen and oxygen atoms in total. The molecule has 9 heteroatoms. The summed E-state index contributed by atoms with van der Waals surface area (Å²) in [4.78, 5) is 14.3. The van der Waals surface area contributed by atoms with Gasteiger partial charge in [-0.2, -0.15) is 0 Å². The second-order valence-electron chi connectivity index (χ2n) is 6.83. The Morgan fingerprint density at radius 2 is 1.83 bits per heavy atom. The minimum atomic E-state index is -3.67. The van der Waals surface area contributed by atoms with Crippen LogP contribution >= 0.6 is 11.3 Å². The lowest BCUT2D eigenvalue weighted by Crippen LogP contribution is -2.36. The number of hydrogen-bond acceptors (Lipinski definition) is 6. The van der Waals surface area contributed by atoms with Gasteiger partial charge in [-0.3, -0.25) is 9.36 Å². The standard InChI is InChI=1S/C20H23N3O4S2/c1-2-23-18-8-7-17(13-19(18)28-20(23)24)29(25,26)21-14-15-3-5-16(6-4-15)22-9-11-27-12-10-22/h3-8,13,21H,2,9-12,14H2,1H3. The van der Waals surface area contributed by atoms with E-state index < -0.39 is 10.0 Å². The Hall–Kier alpha value is -2.20. The lowest BCUT2D eigenvalue weighted by Gasteiger charge is -2.28. The van der Waals surface area contributed by atoms with Gasteiger partial charge in [0, 0.05) is 31.9 Å². The molecule has 3 aromatic rings. The first kappa shape index (κ1) is 20.1. The van der Waals surface area contributed by atoms with Crippen LogP contribution in [0.2, 0.25) is 0 Å². The van der Waals surface area contributed by atoms with Gasteiger partial charge in [-0.25, -0.2) is 13.1 Å². The fraction of sp³-hybridized carbons (Fsp3) is 0.350. The summed E-state index contributed by atoms with van der Waals surface area (Å²) in [6.07, 6.45) is 0. The minimum absolute atomic E-state index is 0.0784. The predicted octanol–water partition coefficient (Wildman–Crippen LogP) is 2.40. The highest BCUT2D eigenvalue weighted by Crippen LogP contribution is 2.22. The maximum atomic E-state index is 12.7. The monoisotopic (exact) mass is 433 g/mol. The SMILES string of the molecule is CCn1c(=O)sc2cc(S(=O)(=O)NCc3ccc(N4CCOCC4)cc3)ccc21. The number of thiazole rings is 1. The van der Waals surface area contributed by atoms with Crippen molar-refractivity contribution in [3.63, 3.8) is 0 Å². The topological polar surface area (TPSA) is 80.6 Å². The van der Waals surface area contributed by atoms with Gasteiger partial charge in [-0.15, -0.1) is 0 Å². The van der Waals surface area contributed by atoms with E-state index >= 15 is 0 Å². The number of benzene rings is 2. The van der Waals surface area contributed by atoms with Crippen LogP contribution in [0.1, 0.15) is 12.5 Å². The Labute approximate surface area is 173 Å². The van der Waals surface area contributed by atoms with E-state index in [1.54, 1.807) is 22.8 Å². The number of anilines is 1. The molecule has 2 heterocycles. The Morgan fingerprint density at radius 1 is 1.10 bits per heavy atom. The molecule has 1 aromatic heterocycles. The zero-order valence-corrected chi connectivity index (χ0v) is 17.8. The molecule has 1 N–H and O–H groups in total. The average Bonchev–Trinajstić information content (AvgIpc) is 3.07. The number of aryl methyl sites for hydroxylation is 1. The van der Waals surface area contributed by atoms with Crippen LogP contribution in [0.15, 0.2) is 52.2 Å². The summed E-state index contributed by atoms with van der Waals surface area (Å²) in [5, 5.41) is 0. The van der Waals surface area contributed by atoms with Crippen LogP contribution in [0.3, 0.4) is 0 Å². The molecule has 1 aliphatic heterocycles. The normalized spacial score (nSPS) is 15.1. The molecule has 1 fully saturated rings. The molecule has 0 spiro atoms. The molecule has 0 radical (unpaired) electrons. The first-order valence-electron chi connectivity index (χ1n) is 9.52. The van der Waals surface area contributed by atoms with Crippen LogP contribution < -0.4 is 14.5 Å². The third-order valence-electron chi connectivity index (χ3n) is 5.05. The van der Waals surface area contributed by atoms with E-state index in [2.05, 4.69) is 9.62 Å². The molecule has 0 bridgehead atoms. The number of fused-ring (bicyclic) bond motifs is 1. The maximum Gasteiger partial charge on any atom is 0.308 e. The van der Waals surface area contributed by atoms with Crippen LogP contribution in [-0.2, 0) is 27.8 Å². The summed E-state index contributed by atoms with van der Waals surface area (Å²) < 4.78 is 35.8. The van der Waals surface area contributed by atoms with Gasteiger partial charge >= 0.3 is 4.87 Å². The van der Waals surface area contributed by atoms with E-state index in [9.17, 15) is 13.2 Å². The molecule has 1 saturated heterocycles. The number of morpholine rings is 1. The van der Waals surface area contributed by atoms with E-state index in [0.29, 0.717) is 11.2 Å². The van der Waals surface area contributed by atoms with Gasteiger partial charge in [0.1, 0.15) is 0 Å². The zero-order chi connectivity index (χ0) is 20.4. The highest BCUT2D eigenvalue weighted by atomic mass is 32.2. The Kier molecular flexibility index (Phi) is 5.73. The van der Waals surface area contributed by atoms with Crippen molar-refractivity contribution in [2.75, 3.05) is 31.2 Å². The van der Waals surface area contributed by atoms with E-state index in [4.69, 9.17) is 4.74 Å². The van der Waals surface area contributed by atoms with Crippen LogP contribution in [0.25, 0.3) is 10.2 Å². The number of rotatable bonds is 6. The van der Waals surface area contributed by atoms with Crippen molar-refractivity contribution in [1.29, 1.82) is 0 Å². The number of sulfonamides is 1. The molecule has 4 rings (SSSR count). The molecule has 0 aliphatic carbocycles. The van der Waals surface area contributed by atoms with E-state index in [1.807, 2.05) is 31.2 Å².